The highest BCUT2D eigenvalue weighted by molar-refractivity contribution is 6.03. The van der Waals surface area contributed by atoms with Crippen molar-refractivity contribution in [1.29, 1.82) is 0 Å². The molecular weight excluding hydrogens is 418 g/mol. The highest BCUT2D eigenvalue weighted by Crippen LogP contribution is 2.45. The molecule has 0 saturated heterocycles. The molecule has 0 amide bonds. The quantitative estimate of drug-likeness (QED) is 0.166. The van der Waals surface area contributed by atoms with Gasteiger partial charge in [0.2, 0.25) is 0 Å². The number of hydrogen-bond donors (Lipinski definition) is 0. The Balaban J connectivity index is 1.60. The van der Waals surface area contributed by atoms with Gasteiger partial charge in [-0.2, -0.15) is 0 Å². The largest absolute Gasteiger partial charge is 0.423 e. The van der Waals surface area contributed by atoms with Crippen LogP contribution in [0.4, 0.5) is 0 Å². The number of pyridine rings is 1. The zero-order valence-corrected chi connectivity index (χ0v) is 18.8. The van der Waals surface area contributed by atoms with Crippen LogP contribution in [-0.4, -0.2) is 11.0 Å². The molecule has 0 atom stereocenters. The molecule has 164 valence electrons. The molecule has 3 nitrogen and oxygen atoms in total. The lowest BCUT2D eigenvalue weighted by molar-refractivity contribution is -0.133. The van der Waals surface area contributed by atoms with Crippen LogP contribution < -0.4 is 0 Å². The standard InChI is InChI=1S/C31H23NO2/c1-22-20-27-25-14-8-9-15-26(25)31(28(27)21-32-22)29(18-16-23-10-4-2-5-11-23)34-30(33)19-17-24-12-6-3-7-13-24/h2-21H,1H3. The number of aryl methyl sites for hydroxylation is 1. The van der Waals surface area contributed by atoms with Gasteiger partial charge in [-0.3, -0.25) is 4.98 Å². The van der Waals surface area contributed by atoms with E-state index in [2.05, 4.69) is 23.2 Å². The van der Waals surface area contributed by atoms with E-state index in [1.54, 1.807) is 6.08 Å². The second-order valence-corrected chi connectivity index (χ2v) is 8.07. The first kappa shape index (κ1) is 21.4. The predicted octanol–water partition coefficient (Wildman–Crippen LogP) is 7.10. The normalized spacial score (nSPS) is 13.7. The molecule has 1 aromatic heterocycles. The van der Waals surface area contributed by atoms with Gasteiger partial charge in [0.25, 0.3) is 0 Å². The van der Waals surface area contributed by atoms with E-state index in [4.69, 9.17) is 4.74 Å². The average Bonchev–Trinajstić information content (AvgIpc) is 3.20. The Kier molecular flexibility index (Phi) is 6.00. The molecule has 3 heteroatoms. The topological polar surface area (TPSA) is 39.2 Å². The number of fused-ring (bicyclic) bond motifs is 3. The summed E-state index contributed by atoms with van der Waals surface area (Å²) in [6.07, 6.45) is 8.90. The van der Waals surface area contributed by atoms with Gasteiger partial charge in [0, 0.05) is 29.1 Å². The highest BCUT2D eigenvalue weighted by atomic mass is 16.5. The second-order valence-electron chi connectivity index (χ2n) is 8.07. The summed E-state index contributed by atoms with van der Waals surface area (Å²) in [5, 5.41) is 0. The summed E-state index contributed by atoms with van der Waals surface area (Å²) in [6, 6.07) is 29.9. The molecule has 34 heavy (non-hydrogen) atoms. The summed E-state index contributed by atoms with van der Waals surface area (Å²) in [7, 11) is 0. The van der Waals surface area contributed by atoms with Crippen LogP contribution >= 0.6 is 0 Å². The molecule has 4 aromatic rings. The molecule has 5 rings (SSSR count). The summed E-state index contributed by atoms with van der Waals surface area (Å²) in [5.74, 6) is 0.0542. The van der Waals surface area contributed by atoms with Crippen LogP contribution in [0.5, 0.6) is 0 Å². The molecule has 0 saturated carbocycles. The van der Waals surface area contributed by atoms with Crippen LogP contribution in [0.25, 0.3) is 28.9 Å². The van der Waals surface area contributed by atoms with E-state index in [1.165, 1.54) is 6.08 Å². The molecule has 1 heterocycles. The van der Waals surface area contributed by atoms with E-state index in [1.807, 2.05) is 98.1 Å². The smallest absolute Gasteiger partial charge is 0.336 e. The van der Waals surface area contributed by atoms with Crippen molar-refractivity contribution in [3.63, 3.8) is 0 Å². The summed E-state index contributed by atoms with van der Waals surface area (Å²) in [4.78, 5) is 17.4. The van der Waals surface area contributed by atoms with E-state index < -0.39 is 5.97 Å². The maximum atomic E-state index is 12.9. The van der Waals surface area contributed by atoms with Gasteiger partial charge in [0.15, 0.2) is 0 Å². The fourth-order valence-electron chi connectivity index (χ4n) is 4.10. The van der Waals surface area contributed by atoms with Crippen molar-refractivity contribution in [2.75, 3.05) is 0 Å². The van der Waals surface area contributed by atoms with Gasteiger partial charge >= 0.3 is 5.97 Å². The maximum Gasteiger partial charge on any atom is 0.336 e. The molecule has 1 aliphatic carbocycles. The number of esters is 1. The Labute approximate surface area is 199 Å². The zero-order valence-electron chi connectivity index (χ0n) is 18.8. The minimum Gasteiger partial charge on any atom is -0.423 e. The average molecular weight is 442 g/mol. The maximum absolute atomic E-state index is 12.9. The first-order valence-electron chi connectivity index (χ1n) is 11.2. The number of carbonyl (C=O) groups excluding carboxylic acids is 1. The number of ether oxygens (including phenoxy) is 1. The molecule has 0 spiro atoms. The number of rotatable bonds is 5. The lowest BCUT2D eigenvalue weighted by atomic mass is 10.0. The Morgan fingerprint density at radius 1 is 0.706 bits per heavy atom. The molecular formula is C31H23NO2. The Morgan fingerprint density at radius 2 is 1.29 bits per heavy atom. The fourth-order valence-corrected chi connectivity index (χ4v) is 4.10. The molecule has 3 aromatic carbocycles. The third-order valence-electron chi connectivity index (χ3n) is 5.69. The monoisotopic (exact) mass is 441 g/mol. The number of benzene rings is 3. The molecule has 0 bridgehead atoms. The van der Waals surface area contributed by atoms with E-state index >= 15 is 0 Å². The van der Waals surface area contributed by atoms with Gasteiger partial charge in [-0.25, -0.2) is 4.79 Å². The van der Waals surface area contributed by atoms with Crippen LogP contribution in [0.3, 0.4) is 0 Å². The van der Waals surface area contributed by atoms with Crippen LogP contribution in [0.1, 0.15) is 27.9 Å². The lowest BCUT2D eigenvalue weighted by Crippen LogP contribution is -2.02. The van der Waals surface area contributed by atoms with E-state index in [-0.39, 0.29) is 0 Å². The van der Waals surface area contributed by atoms with Crippen LogP contribution in [0, 0.1) is 6.92 Å². The van der Waals surface area contributed by atoms with E-state index in [0.29, 0.717) is 5.76 Å². The number of nitrogens with zero attached hydrogens (tertiary/aromatic N) is 1. The van der Waals surface area contributed by atoms with Gasteiger partial charge in [-0.15, -0.1) is 0 Å². The van der Waals surface area contributed by atoms with Crippen LogP contribution in [0.2, 0.25) is 0 Å². The predicted molar refractivity (Wildman–Crippen MR) is 137 cm³/mol. The van der Waals surface area contributed by atoms with Crippen molar-refractivity contribution in [2.24, 2.45) is 0 Å². The van der Waals surface area contributed by atoms with Crippen molar-refractivity contribution in [1.82, 2.24) is 4.98 Å². The number of aromatic nitrogens is 1. The summed E-state index contributed by atoms with van der Waals surface area (Å²) in [6.45, 7) is 1.98. The fraction of sp³-hybridized carbons (Fsp3) is 0.0323. The minimum absolute atomic E-state index is 0.435. The number of allylic oxidation sites excluding steroid dienone is 1. The molecule has 0 N–H and O–H groups in total. The molecule has 1 aliphatic rings. The van der Waals surface area contributed by atoms with Crippen molar-refractivity contribution in [3.8, 4) is 11.1 Å². The highest BCUT2D eigenvalue weighted by Gasteiger charge is 2.27. The first-order valence-corrected chi connectivity index (χ1v) is 11.2. The van der Waals surface area contributed by atoms with Crippen LogP contribution in [0.15, 0.2) is 115 Å². The molecule has 0 radical (unpaired) electrons. The van der Waals surface area contributed by atoms with E-state index in [9.17, 15) is 4.79 Å². The van der Waals surface area contributed by atoms with Gasteiger partial charge in [0.05, 0.1) is 0 Å². The van der Waals surface area contributed by atoms with Crippen molar-refractivity contribution >= 4 is 23.7 Å². The molecule has 0 aliphatic heterocycles. The molecule has 0 fully saturated rings. The summed E-state index contributed by atoms with van der Waals surface area (Å²) >= 11 is 0. The Bertz CT molecular complexity index is 1430. The second kappa shape index (κ2) is 9.55. The third kappa shape index (κ3) is 4.50. The first-order chi connectivity index (χ1) is 16.7. The Hall–Kier alpha value is -4.50. The zero-order chi connectivity index (χ0) is 23.3. The minimum atomic E-state index is -0.435. The van der Waals surface area contributed by atoms with Gasteiger partial charge < -0.3 is 4.74 Å². The summed E-state index contributed by atoms with van der Waals surface area (Å²) in [5.41, 5.74) is 7.95. The summed E-state index contributed by atoms with van der Waals surface area (Å²) < 4.78 is 5.96. The van der Waals surface area contributed by atoms with Crippen molar-refractivity contribution in [2.45, 2.75) is 6.92 Å². The van der Waals surface area contributed by atoms with Gasteiger partial charge in [0.1, 0.15) is 5.76 Å². The third-order valence-corrected chi connectivity index (χ3v) is 5.69. The number of carbonyl (C=O) groups is 1. The van der Waals surface area contributed by atoms with E-state index in [0.717, 1.165) is 44.6 Å². The van der Waals surface area contributed by atoms with Crippen LogP contribution in [-0.2, 0) is 9.53 Å². The Morgan fingerprint density at radius 3 is 1.97 bits per heavy atom. The SMILES string of the molecule is Cc1cc2c(cn1)C(=C(C=Cc1ccccc1)OC(=O)C=Cc1ccccc1)c1ccccc1-2. The van der Waals surface area contributed by atoms with Gasteiger partial charge in [-0.05, 0) is 53.0 Å². The van der Waals surface area contributed by atoms with Gasteiger partial charge in [-0.1, -0.05) is 91.0 Å². The van der Waals surface area contributed by atoms with Crippen molar-refractivity contribution in [3.05, 3.63) is 143 Å². The van der Waals surface area contributed by atoms with Crippen molar-refractivity contribution < 1.29 is 9.53 Å². The molecule has 0 unspecified atom stereocenters. The number of hydrogen-bond acceptors (Lipinski definition) is 3. The lowest BCUT2D eigenvalue weighted by Gasteiger charge is -2.10.